The summed E-state index contributed by atoms with van der Waals surface area (Å²) < 4.78 is 42.9. The molecule has 158 valence electrons. The largest absolute Gasteiger partial charge is 0.478 e. The third-order valence-corrected chi connectivity index (χ3v) is 6.80. The molecule has 0 amide bonds. The number of hydrogen-bond donors (Lipinski definition) is 2. The average molecular weight is 461 g/mol. The van der Waals surface area contributed by atoms with E-state index in [4.69, 9.17) is 5.26 Å². The quantitative estimate of drug-likeness (QED) is 0.388. The van der Waals surface area contributed by atoms with Gasteiger partial charge in [-0.15, -0.1) is 11.3 Å². The van der Waals surface area contributed by atoms with Crippen LogP contribution in [-0.2, 0) is 6.18 Å². The summed E-state index contributed by atoms with van der Waals surface area (Å²) in [6.07, 6.45) is -2.50. The number of alkyl halides is 3. The van der Waals surface area contributed by atoms with Gasteiger partial charge < -0.3 is 9.83 Å². The van der Waals surface area contributed by atoms with Crippen molar-refractivity contribution in [1.29, 1.82) is 5.26 Å². The summed E-state index contributed by atoms with van der Waals surface area (Å²) in [5, 5.41) is 18.4. The van der Waals surface area contributed by atoms with Crippen molar-refractivity contribution >= 4 is 34.9 Å². The van der Waals surface area contributed by atoms with Crippen LogP contribution in [0, 0.1) is 11.3 Å². The zero-order valence-electron chi connectivity index (χ0n) is 15.9. The Morgan fingerprint density at radius 2 is 1.94 bits per heavy atom. The molecule has 0 saturated heterocycles. The van der Waals surface area contributed by atoms with E-state index < -0.39 is 17.7 Å². The molecule has 1 aromatic heterocycles. The average Bonchev–Trinajstić information content (AvgIpc) is 3.47. The van der Waals surface area contributed by atoms with Crippen molar-refractivity contribution in [2.75, 3.05) is 4.72 Å². The summed E-state index contributed by atoms with van der Waals surface area (Å²) in [5.74, 6) is -0.727. The monoisotopic (exact) mass is 460 g/mol. The van der Waals surface area contributed by atoms with Crippen molar-refractivity contribution in [3.05, 3.63) is 70.1 Å². The third kappa shape index (κ3) is 4.70. The van der Waals surface area contributed by atoms with Crippen molar-refractivity contribution in [2.24, 2.45) is 0 Å². The van der Waals surface area contributed by atoms with Crippen molar-refractivity contribution in [3.63, 3.8) is 0 Å². The van der Waals surface area contributed by atoms with Crippen LogP contribution in [-0.4, -0.2) is 11.1 Å². The fourth-order valence-electron chi connectivity index (χ4n) is 3.16. The number of halogens is 3. The lowest BCUT2D eigenvalue weighted by Crippen LogP contribution is -2.06. The fraction of sp³-hybridized carbons (Fsp3) is 0.182. The van der Waals surface area contributed by atoms with E-state index in [1.54, 1.807) is 30.3 Å². The summed E-state index contributed by atoms with van der Waals surface area (Å²) in [6, 6.07) is 13.6. The Kier molecular flexibility index (Phi) is 5.69. The first-order valence-electron chi connectivity index (χ1n) is 9.28. The molecule has 0 spiro atoms. The first-order valence-corrected chi connectivity index (χ1v) is 10.9. The predicted molar refractivity (Wildman–Crippen MR) is 114 cm³/mol. The van der Waals surface area contributed by atoms with Gasteiger partial charge in [-0.2, -0.15) is 18.4 Å². The highest BCUT2D eigenvalue weighted by atomic mass is 32.2. The number of anilines is 1. The summed E-state index contributed by atoms with van der Waals surface area (Å²) in [5.41, 5.74) is 1.09. The number of thiophene rings is 1. The molecule has 3 aromatic rings. The number of aromatic carboxylic acids is 1. The van der Waals surface area contributed by atoms with Crippen molar-refractivity contribution in [2.45, 2.75) is 29.8 Å². The van der Waals surface area contributed by atoms with Gasteiger partial charge in [0.15, 0.2) is 0 Å². The minimum Gasteiger partial charge on any atom is -0.478 e. The van der Waals surface area contributed by atoms with E-state index in [9.17, 15) is 23.1 Å². The molecular formula is C22H15F3N2O2S2. The first-order chi connectivity index (χ1) is 14.8. The van der Waals surface area contributed by atoms with Crippen LogP contribution in [0.25, 0.3) is 10.4 Å². The highest BCUT2D eigenvalue weighted by molar-refractivity contribution is 8.00. The minimum atomic E-state index is -4.50. The third-order valence-electron chi connectivity index (χ3n) is 4.88. The summed E-state index contributed by atoms with van der Waals surface area (Å²) in [7, 11) is 0. The molecule has 9 heteroatoms. The molecule has 0 atom stereocenters. The molecule has 1 saturated carbocycles. The minimum absolute atomic E-state index is 0.120. The Morgan fingerprint density at radius 1 is 1.16 bits per heavy atom. The second-order valence-corrected chi connectivity index (χ2v) is 9.00. The van der Waals surface area contributed by atoms with Crippen LogP contribution in [0.1, 0.15) is 45.1 Å². The van der Waals surface area contributed by atoms with Crippen LogP contribution >= 0.6 is 23.3 Å². The Labute approximate surface area is 184 Å². The zero-order valence-corrected chi connectivity index (χ0v) is 17.5. The summed E-state index contributed by atoms with van der Waals surface area (Å²) in [6.45, 7) is 0. The molecule has 0 unspecified atom stereocenters. The van der Waals surface area contributed by atoms with Gasteiger partial charge in [-0.25, -0.2) is 4.79 Å². The second-order valence-electron chi connectivity index (χ2n) is 7.07. The predicted octanol–water partition coefficient (Wildman–Crippen LogP) is 7.00. The number of carboxylic acid groups (broad SMARTS) is 1. The summed E-state index contributed by atoms with van der Waals surface area (Å²) in [4.78, 5) is 13.2. The second kappa shape index (κ2) is 8.29. The molecule has 0 radical (unpaired) electrons. The van der Waals surface area contributed by atoms with Crippen LogP contribution in [0.5, 0.6) is 0 Å². The first kappa shape index (κ1) is 21.3. The molecule has 4 rings (SSSR count). The number of nitrogens with zero attached hydrogens (tertiary/aromatic N) is 1. The standard InChI is InChI=1S/C22H15F3N2O2S2/c23-22(24,25)14-4-7-17(19-8-5-15(11-26)30-19)18(10-14)27-31-20-9-13(21(28)29)3-6-16(20)12-1-2-12/h3-10,12,27H,1-2H2,(H,28,29). The van der Waals surface area contributed by atoms with Crippen molar-refractivity contribution in [3.8, 4) is 16.5 Å². The molecule has 1 heterocycles. The fourth-order valence-corrected chi connectivity index (χ4v) is 4.93. The number of nitrogens with one attached hydrogen (secondary N) is 1. The van der Waals surface area contributed by atoms with Crippen LogP contribution < -0.4 is 4.72 Å². The zero-order chi connectivity index (χ0) is 22.2. The Hall–Kier alpha value is -2.96. The van der Waals surface area contributed by atoms with Crippen LogP contribution in [0.4, 0.5) is 18.9 Å². The van der Waals surface area contributed by atoms with Crippen LogP contribution in [0.15, 0.2) is 53.4 Å². The molecule has 1 fully saturated rings. The maximum absolute atomic E-state index is 13.3. The van der Waals surface area contributed by atoms with E-state index in [-0.39, 0.29) is 11.3 Å². The molecule has 0 bridgehead atoms. The molecule has 2 N–H and O–H groups in total. The van der Waals surface area contributed by atoms with E-state index in [2.05, 4.69) is 4.72 Å². The maximum Gasteiger partial charge on any atom is 0.416 e. The molecular weight excluding hydrogens is 445 g/mol. The normalized spacial score (nSPS) is 13.6. The van der Waals surface area contributed by atoms with Gasteiger partial charge in [-0.1, -0.05) is 12.1 Å². The van der Waals surface area contributed by atoms with Gasteiger partial charge in [0.25, 0.3) is 0 Å². The van der Waals surface area contributed by atoms with Gasteiger partial charge in [0, 0.05) is 15.3 Å². The molecule has 2 aromatic carbocycles. The SMILES string of the molecule is N#Cc1ccc(-c2ccc(C(F)(F)F)cc2NSc2cc(C(=O)O)ccc2C2CC2)s1. The smallest absolute Gasteiger partial charge is 0.416 e. The van der Waals surface area contributed by atoms with Crippen LogP contribution in [0.3, 0.4) is 0 Å². The van der Waals surface area contributed by atoms with Gasteiger partial charge in [-0.3, -0.25) is 0 Å². The highest BCUT2D eigenvalue weighted by Crippen LogP contribution is 2.45. The summed E-state index contributed by atoms with van der Waals surface area (Å²) >= 11 is 2.29. The van der Waals surface area contributed by atoms with E-state index in [1.807, 2.05) is 6.07 Å². The van der Waals surface area contributed by atoms with Gasteiger partial charge in [0.2, 0.25) is 0 Å². The van der Waals surface area contributed by atoms with Crippen LogP contribution in [0.2, 0.25) is 0 Å². The van der Waals surface area contributed by atoms with E-state index >= 15 is 0 Å². The van der Waals surface area contributed by atoms with E-state index in [0.717, 1.165) is 42.5 Å². The number of carbonyl (C=O) groups is 1. The number of carboxylic acids is 1. The van der Waals surface area contributed by atoms with Crippen molar-refractivity contribution in [1.82, 2.24) is 0 Å². The van der Waals surface area contributed by atoms with Gasteiger partial charge in [0.1, 0.15) is 10.9 Å². The highest BCUT2D eigenvalue weighted by Gasteiger charge is 2.31. The molecule has 1 aliphatic rings. The molecule has 1 aliphatic carbocycles. The Balaban J connectivity index is 1.71. The van der Waals surface area contributed by atoms with E-state index in [0.29, 0.717) is 26.1 Å². The molecule has 0 aliphatic heterocycles. The van der Waals surface area contributed by atoms with Gasteiger partial charge in [-0.05, 0) is 72.7 Å². The number of nitriles is 1. The van der Waals surface area contributed by atoms with E-state index in [1.165, 1.54) is 17.4 Å². The Bertz CT molecular complexity index is 1190. The lowest BCUT2D eigenvalue weighted by molar-refractivity contribution is -0.137. The van der Waals surface area contributed by atoms with Gasteiger partial charge >= 0.3 is 12.1 Å². The topological polar surface area (TPSA) is 73.1 Å². The molecule has 4 nitrogen and oxygen atoms in total. The molecule has 31 heavy (non-hydrogen) atoms. The number of hydrogen-bond acceptors (Lipinski definition) is 5. The lowest BCUT2D eigenvalue weighted by atomic mass is 10.1. The maximum atomic E-state index is 13.3. The van der Waals surface area contributed by atoms with Gasteiger partial charge in [0.05, 0.1) is 16.8 Å². The Morgan fingerprint density at radius 3 is 2.55 bits per heavy atom. The number of benzene rings is 2. The number of rotatable bonds is 6. The van der Waals surface area contributed by atoms with Crippen molar-refractivity contribution < 1.29 is 23.1 Å². The lowest BCUT2D eigenvalue weighted by Gasteiger charge is -2.16.